The Hall–Kier alpha value is -3.03. The molecule has 1 heterocycles. The lowest BCUT2D eigenvalue weighted by Gasteiger charge is -2.25. The number of aliphatic imine (C=N–C) groups is 1. The minimum Gasteiger partial charge on any atom is -0.497 e. The van der Waals surface area contributed by atoms with Gasteiger partial charge in [-0.05, 0) is 84.4 Å². The van der Waals surface area contributed by atoms with Crippen molar-refractivity contribution in [3.63, 3.8) is 0 Å². The number of nitrogens with zero attached hydrogens (tertiary/aromatic N) is 3. The number of likely N-dealkylation sites (N-methyl/N-ethyl adjacent to an activating group) is 1. The number of ether oxygens (including phenoxy) is 3. The molecule has 2 fully saturated rings. The molecule has 0 aromatic heterocycles. The molecule has 0 bridgehead atoms. The van der Waals surface area contributed by atoms with Gasteiger partial charge in [0.05, 0.1) is 18.8 Å². The summed E-state index contributed by atoms with van der Waals surface area (Å²) < 4.78 is 16.4. The zero-order chi connectivity index (χ0) is 25.3. The Bertz CT molecular complexity index is 966. The molecule has 186 valence electrons. The van der Waals surface area contributed by atoms with Gasteiger partial charge in [-0.3, -0.25) is 0 Å². The predicted octanol–water partition coefficient (Wildman–Crippen LogP) is 5.37. The molecule has 34 heavy (non-hydrogen) atoms. The van der Waals surface area contributed by atoms with Gasteiger partial charge in [0.2, 0.25) is 5.96 Å². The van der Waals surface area contributed by atoms with Crippen molar-refractivity contribution in [2.24, 2.45) is 10.9 Å². The molecule has 8 heteroatoms. The van der Waals surface area contributed by atoms with Crippen LogP contribution in [-0.2, 0) is 15.9 Å². The monoisotopic (exact) mass is 471 g/mol. The molecule has 0 radical (unpaired) electrons. The van der Waals surface area contributed by atoms with Gasteiger partial charge in [0.15, 0.2) is 0 Å². The van der Waals surface area contributed by atoms with E-state index < -0.39 is 23.4 Å². The van der Waals surface area contributed by atoms with E-state index in [1.54, 1.807) is 27.9 Å². The topological polar surface area (TPSA) is 80.7 Å². The van der Waals surface area contributed by atoms with Gasteiger partial charge < -0.3 is 19.1 Å². The number of hydrogen-bond acceptors (Lipinski definition) is 5. The minimum atomic E-state index is -0.742. The number of amides is 2. The summed E-state index contributed by atoms with van der Waals surface area (Å²) in [4.78, 5) is 33.5. The van der Waals surface area contributed by atoms with Gasteiger partial charge in [-0.15, -0.1) is 4.99 Å². The van der Waals surface area contributed by atoms with Crippen molar-refractivity contribution < 1.29 is 23.8 Å². The molecule has 1 atom stereocenters. The van der Waals surface area contributed by atoms with E-state index >= 15 is 0 Å². The molecule has 0 spiro atoms. The van der Waals surface area contributed by atoms with Crippen molar-refractivity contribution in [1.29, 1.82) is 0 Å². The van der Waals surface area contributed by atoms with Crippen LogP contribution in [0.5, 0.6) is 5.75 Å². The average Bonchev–Trinajstić information content (AvgIpc) is 3.49. The summed E-state index contributed by atoms with van der Waals surface area (Å²) in [5, 5.41) is 0. The first-order valence-electron chi connectivity index (χ1n) is 11.7. The fraction of sp³-hybridized carbons (Fsp3) is 0.577. The highest BCUT2D eigenvalue weighted by Gasteiger charge is 2.49. The van der Waals surface area contributed by atoms with Crippen LogP contribution >= 0.6 is 0 Å². The van der Waals surface area contributed by atoms with E-state index in [4.69, 9.17) is 14.2 Å². The van der Waals surface area contributed by atoms with Crippen molar-refractivity contribution in [3.05, 3.63) is 41.6 Å². The number of carbonyl (C=O) groups is 2. The maximum Gasteiger partial charge on any atom is 0.437 e. The summed E-state index contributed by atoms with van der Waals surface area (Å²) in [6.45, 7) is 10.8. The SMILES string of the molecule is COc1ccc(C/C=C2\C(C3CC3)N(C)/C(=N\C(=O)OC(C)(C)C)N2C(=O)OC(C)(C)C)cc1. The highest BCUT2D eigenvalue weighted by molar-refractivity contribution is 6.03. The standard InChI is InChI=1S/C26H37N3O5/c1-25(2,3)33-23(30)27-22-28(7)21(18-12-13-18)20(29(22)24(31)34-26(4,5)6)16-11-17-9-14-19(32-8)15-10-17/h9-10,14-16,18,21H,11-13H2,1-8H3/b20-16+,27-22+. The molecule has 8 nitrogen and oxygen atoms in total. The lowest BCUT2D eigenvalue weighted by Crippen LogP contribution is -2.40. The molecule has 1 aliphatic carbocycles. The number of rotatable bonds is 4. The number of methoxy groups -OCH3 is 1. The number of guanidine groups is 1. The fourth-order valence-corrected chi connectivity index (χ4v) is 3.88. The van der Waals surface area contributed by atoms with E-state index in [1.807, 2.05) is 63.1 Å². The molecule has 1 unspecified atom stereocenters. The van der Waals surface area contributed by atoms with Crippen LogP contribution in [-0.4, -0.2) is 59.3 Å². The molecular weight excluding hydrogens is 434 g/mol. The second-order valence-electron chi connectivity index (χ2n) is 10.8. The van der Waals surface area contributed by atoms with E-state index in [0.29, 0.717) is 12.3 Å². The van der Waals surface area contributed by atoms with Gasteiger partial charge in [0, 0.05) is 7.05 Å². The Labute approximate surface area is 202 Å². The Balaban J connectivity index is 2.01. The third-order valence-corrected chi connectivity index (χ3v) is 5.43. The lowest BCUT2D eigenvalue weighted by molar-refractivity contribution is 0.0413. The van der Waals surface area contributed by atoms with Crippen LogP contribution in [0.25, 0.3) is 0 Å². The second kappa shape index (κ2) is 9.68. The van der Waals surface area contributed by atoms with E-state index in [1.165, 1.54) is 4.90 Å². The Morgan fingerprint density at radius 3 is 2.12 bits per heavy atom. The van der Waals surface area contributed by atoms with E-state index in [2.05, 4.69) is 4.99 Å². The highest BCUT2D eigenvalue weighted by Crippen LogP contribution is 2.43. The van der Waals surface area contributed by atoms with Crippen LogP contribution in [0.3, 0.4) is 0 Å². The van der Waals surface area contributed by atoms with E-state index in [9.17, 15) is 9.59 Å². The number of benzene rings is 1. The molecule has 1 saturated heterocycles. The third-order valence-electron chi connectivity index (χ3n) is 5.43. The van der Waals surface area contributed by atoms with Gasteiger partial charge in [-0.25, -0.2) is 14.5 Å². The number of allylic oxidation sites excluding steroid dienone is 1. The molecule has 2 amide bonds. The Kier molecular flexibility index (Phi) is 7.29. The third kappa shape index (κ3) is 6.52. The summed E-state index contributed by atoms with van der Waals surface area (Å²) in [6, 6.07) is 7.73. The quantitative estimate of drug-likeness (QED) is 0.587. The van der Waals surface area contributed by atoms with Crippen LogP contribution < -0.4 is 4.74 Å². The Morgan fingerprint density at radius 2 is 1.62 bits per heavy atom. The lowest BCUT2D eigenvalue weighted by atomic mass is 10.1. The zero-order valence-electron chi connectivity index (χ0n) is 21.5. The van der Waals surface area contributed by atoms with Crippen molar-refractivity contribution >= 4 is 18.1 Å². The van der Waals surface area contributed by atoms with Crippen molar-refractivity contribution in [3.8, 4) is 5.75 Å². The largest absolute Gasteiger partial charge is 0.497 e. The summed E-state index contributed by atoms with van der Waals surface area (Å²) in [5.41, 5.74) is 0.452. The van der Waals surface area contributed by atoms with Crippen molar-refractivity contribution in [2.45, 2.75) is 78.0 Å². The maximum atomic E-state index is 13.4. The first-order chi connectivity index (χ1) is 15.8. The van der Waals surface area contributed by atoms with Gasteiger partial charge in [-0.1, -0.05) is 18.2 Å². The number of hydrogen-bond donors (Lipinski definition) is 0. The molecule has 2 aliphatic rings. The first-order valence-corrected chi connectivity index (χ1v) is 11.7. The molecule has 1 aromatic carbocycles. The van der Waals surface area contributed by atoms with Gasteiger partial charge in [0.1, 0.15) is 17.0 Å². The minimum absolute atomic E-state index is 0.0769. The van der Waals surface area contributed by atoms with Crippen molar-refractivity contribution in [1.82, 2.24) is 9.80 Å². The van der Waals surface area contributed by atoms with Crippen molar-refractivity contribution in [2.75, 3.05) is 14.2 Å². The zero-order valence-corrected chi connectivity index (χ0v) is 21.5. The van der Waals surface area contributed by atoms with Crippen LogP contribution in [0.2, 0.25) is 0 Å². The normalized spacial score (nSPS) is 21.2. The summed E-state index contributed by atoms with van der Waals surface area (Å²) in [6.07, 6.45) is 3.44. The first kappa shape index (κ1) is 25.6. The van der Waals surface area contributed by atoms with Gasteiger partial charge in [-0.2, -0.15) is 0 Å². The Morgan fingerprint density at radius 1 is 1.03 bits per heavy atom. The maximum absolute atomic E-state index is 13.4. The van der Waals surface area contributed by atoms with E-state index in [0.717, 1.165) is 29.9 Å². The van der Waals surface area contributed by atoms with Gasteiger partial charge in [0.25, 0.3) is 0 Å². The molecule has 3 rings (SSSR count). The summed E-state index contributed by atoms with van der Waals surface area (Å²) in [7, 11) is 3.49. The van der Waals surface area contributed by atoms with E-state index in [-0.39, 0.29) is 12.0 Å². The smallest absolute Gasteiger partial charge is 0.437 e. The molecule has 1 aromatic rings. The highest BCUT2D eigenvalue weighted by atomic mass is 16.6. The average molecular weight is 472 g/mol. The molecule has 1 aliphatic heterocycles. The molecular formula is C26H37N3O5. The molecule has 1 saturated carbocycles. The predicted molar refractivity (Wildman–Crippen MR) is 131 cm³/mol. The van der Waals surface area contributed by atoms with Crippen LogP contribution in [0.1, 0.15) is 59.9 Å². The molecule has 0 N–H and O–H groups in total. The number of carbonyl (C=O) groups excluding carboxylic acids is 2. The van der Waals surface area contributed by atoms with Crippen LogP contribution in [0, 0.1) is 5.92 Å². The van der Waals surface area contributed by atoms with Gasteiger partial charge >= 0.3 is 12.2 Å². The summed E-state index contributed by atoms with van der Waals surface area (Å²) >= 11 is 0. The summed E-state index contributed by atoms with van der Waals surface area (Å²) in [5.74, 6) is 1.39. The second-order valence-corrected chi connectivity index (χ2v) is 10.8. The van der Waals surface area contributed by atoms with Crippen LogP contribution in [0.15, 0.2) is 41.0 Å². The fourth-order valence-electron chi connectivity index (χ4n) is 3.88. The van der Waals surface area contributed by atoms with Crippen LogP contribution in [0.4, 0.5) is 9.59 Å².